The highest BCUT2D eigenvalue weighted by atomic mass is 16.7. The summed E-state index contributed by atoms with van der Waals surface area (Å²) in [7, 11) is 0. The zero-order valence-electron chi connectivity index (χ0n) is 12.9. The first kappa shape index (κ1) is 13.9. The van der Waals surface area contributed by atoms with E-state index in [0.29, 0.717) is 0 Å². The van der Waals surface area contributed by atoms with Crippen molar-refractivity contribution in [1.29, 1.82) is 0 Å². The summed E-state index contributed by atoms with van der Waals surface area (Å²) < 4.78 is 10.6. The Morgan fingerprint density at radius 2 is 2.00 bits per heavy atom. The maximum absolute atomic E-state index is 12.6. The van der Waals surface area contributed by atoms with Crippen LogP contribution in [0.25, 0.3) is 6.08 Å². The number of hydrogen-bond donors (Lipinski definition) is 0. The monoisotopic (exact) mass is 307 g/mol. The summed E-state index contributed by atoms with van der Waals surface area (Å²) in [6, 6.07) is 13.9. The fourth-order valence-corrected chi connectivity index (χ4v) is 3.17. The van der Waals surface area contributed by atoms with E-state index >= 15 is 0 Å². The summed E-state index contributed by atoms with van der Waals surface area (Å²) in [6.07, 6.45) is 4.34. The third-order valence-electron chi connectivity index (χ3n) is 4.26. The van der Waals surface area contributed by atoms with Crippen LogP contribution in [-0.2, 0) is 11.2 Å². The first-order valence-electron chi connectivity index (χ1n) is 7.71. The molecule has 2 aliphatic heterocycles. The zero-order chi connectivity index (χ0) is 15.8. The predicted octanol–water partition coefficient (Wildman–Crippen LogP) is 3.41. The zero-order valence-corrected chi connectivity index (χ0v) is 12.9. The fourth-order valence-electron chi connectivity index (χ4n) is 3.17. The Hall–Kier alpha value is -2.75. The van der Waals surface area contributed by atoms with E-state index in [-0.39, 0.29) is 18.7 Å². The van der Waals surface area contributed by atoms with Gasteiger partial charge in [0.15, 0.2) is 11.5 Å². The number of benzene rings is 2. The summed E-state index contributed by atoms with van der Waals surface area (Å²) in [6.45, 7) is 2.33. The quantitative estimate of drug-likeness (QED) is 0.798. The molecule has 0 saturated carbocycles. The van der Waals surface area contributed by atoms with E-state index in [2.05, 4.69) is 13.0 Å². The molecule has 116 valence electrons. The van der Waals surface area contributed by atoms with E-state index < -0.39 is 0 Å². The lowest BCUT2D eigenvalue weighted by Gasteiger charge is -2.20. The van der Waals surface area contributed by atoms with Gasteiger partial charge in [-0.15, -0.1) is 0 Å². The van der Waals surface area contributed by atoms with E-state index in [1.54, 1.807) is 6.08 Å². The van der Waals surface area contributed by atoms with E-state index in [0.717, 1.165) is 29.2 Å². The van der Waals surface area contributed by atoms with Crippen molar-refractivity contribution in [2.75, 3.05) is 11.7 Å². The summed E-state index contributed by atoms with van der Waals surface area (Å²) >= 11 is 0. The maximum Gasteiger partial charge on any atom is 0.251 e. The molecular weight excluding hydrogens is 290 g/mol. The highest BCUT2D eigenvalue weighted by Gasteiger charge is 2.29. The van der Waals surface area contributed by atoms with Gasteiger partial charge in [0, 0.05) is 17.8 Å². The third-order valence-corrected chi connectivity index (χ3v) is 4.26. The molecule has 0 spiro atoms. The summed E-state index contributed by atoms with van der Waals surface area (Å²) in [4.78, 5) is 14.5. The molecule has 0 unspecified atom stereocenters. The molecular formula is C19H17NO3. The SMILES string of the molecule is C[C@H]1Cc2ccccc2N1C(=O)/C=C/c1ccc2c(c1)OCO2. The first-order valence-corrected chi connectivity index (χ1v) is 7.71. The number of fused-ring (bicyclic) bond motifs is 2. The number of rotatable bonds is 2. The van der Waals surface area contributed by atoms with Crippen LogP contribution in [0.1, 0.15) is 18.1 Å². The Morgan fingerprint density at radius 3 is 2.91 bits per heavy atom. The molecule has 4 nitrogen and oxygen atoms in total. The molecule has 2 aromatic rings. The van der Waals surface area contributed by atoms with Crippen LogP contribution < -0.4 is 14.4 Å². The summed E-state index contributed by atoms with van der Waals surface area (Å²) in [5.74, 6) is 1.47. The minimum atomic E-state index is 0.000108. The van der Waals surface area contributed by atoms with Crippen LogP contribution in [0.5, 0.6) is 11.5 Å². The third kappa shape index (κ3) is 2.46. The lowest BCUT2D eigenvalue weighted by molar-refractivity contribution is -0.114. The van der Waals surface area contributed by atoms with Crippen molar-refractivity contribution in [2.24, 2.45) is 0 Å². The van der Waals surface area contributed by atoms with Gasteiger partial charge in [-0.05, 0) is 48.7 Å². The van der Waals surface area contributed by atoms with Crippen molar-refractivity contribution >= 4 is 17.7 Å². The van der Waals surface area contributed by atoms with Gasteiger partial charge >= 0.3 is 0 Å². The van der Waals surface area contributed by atoms with Crippen molar-refractivity contribution in [3.8, 4) is 11.5 Å². The van der Waals surface area contributed by atoms with Crippen LogP contribution in [-0.4, -0.2) is 18.7 Å². The lowest BCUT2D eigenvalue weighted by atomic mass is 10.1. The second kappa shape index (κ2) is 5.47. The molecule has 0 saturated heterocycles. The molecule has 4 heteroatoms. The van der Waals surface area contributed by atoms with Crippen molar-refractivity contribution in [3.63, 3.8) is 0 Å². The van der Waals surface area contributed by atoms with Gasteiger partial charge < -0.3 is 14.4 Å². The smallest absolute Gasteiger partial charge is 0.251 e. The molecule has 0 N–H and O–H groups in total. The maximum atomic E-state index is 12.6. The number of para-hydroxylation sites is 1. The van der Waals surface area contributed by atoms with Gasteiger partial charge in [-0.3, -0.25) is 4.79 Å². The number of anilines is 1. The average Bonchev–Trinajstić information content (AvgIpc) is 3.15. The minimum Gasteiger partial charge on any atom is -0.454 e. The molecule has 0 aliphatic carbocycles. The van der Waals surface area contributed by atoms with Crippen LogP contribution >= 0.6 is 0 Å². The number of amides is 1. The summed E-state index contributed by atoms with van der Waals surface area (Å²) in [5, 5.41) is 0. The Balaban J connectivity index is 1.56. The second-order valence-corrected chi connectivity index (χ2v) is 5.84. The molecule has 1 amide bonds. The van der Waals surface area contributed by atoms with Gasteiger partial charge in [-0.2, -0.15) is 0 Å². The van der Waals surface area contributed by atoms with Crippen molar-refractivity contribution in [1.82, 2.24) is 0 Å². The van der Waals surface area contributed by atoms with E-state index in [1.165, 1.54) is 5.56 Å². The van der Waals surface area contributed by atoms with Crippen LogP contribution in [0.4, 0.5) is 5.69 Å². The van der Waals surface area contributed by atoms with Crippen LogP contribution in [0.2, 0.25) is 0 Å². The highest BCUT2D eigenvalue weighted by Crippen LogP contribution is 2.34. The molecule has 0 radical (unpaired) electrons. The second-order valence-electron chi connectivity index (χ2n) is 5.84. The standard InChI is InChI=1S/C19H17NO3/c1-13-10-15-4-2-3-5-16(15)20(13)19(21)9-7-14-6-8-17-18(11-14)23-12-22-17/h2-9,11,13H,10,12H2,1H3/b9-7+/t13-/m0/s1. The highest BCUT2D eigenvalue weighted by molar-refractivity contribution is 6.05. The minimum absolute atomic E-state index is 0.000108. The predicted molar refractivity (Wildman–Crippen MR) is 88.7 cm³/mol. The van der Waals surface area contributed by atoms with Crippen LogP contribution in [0.15, 0.2) is 48.5 Å². The average molecular weight is 307 g/mol. The topological polar surface area (TPSA) is 38.8 Å². The number of carbonyl (C=O) groups excluding carboxylic acids is 1. The first-order chi connectivity index (χ1) is 11.2. The van der Waals surface area contributed by atoms with E-state index in [4.69, 9.17) is 9.47 Å². The van der Waals surface area contributed by atoms with Gasteiger partial charge in [0.05, 0.1) is 0 Å². The van der Waals surface area contributed by atoms with Crippen molar-refractivity contribution < 1.29 is 14.3 Å². The summed E-state index contributed by atoms with van der Waals surface area (Å²) in [5.41, 5.74) is 3.16. The van der Waals surface area contributed by atoms with Crippen LogP contribution in [0, 0.1) is 0 Å². The Bertz CT molecular complexity index is 797. The van der Waals surface area contributed by atoms with Gasteiger partial charge in [0.25, 0.3) is 5.91 Å². The van der Waals surface area contributed by atoms with E-state index in [1.807, 2.05) is 47.4 Å². The normalized spacial score (nSPS) is 18.5. The van der Waals surface area contributed by atoms with Gasteiger partial charge in [0.1, 0.15) is 0 Å². The van der Waals surface area contributed by atoms with Gasteiger partial charge in [-0.1, -0.05) is 24.3 Å². The Kier molecular flexibility index (Phi) is 3.30. The molecule has 2 heterocycles. The molecule has 2 aliphatic rings. The van der Waals surface area contributed by atoms with Gasteiger partial charge in [-0.25, -0.2) is 0 Å². The lowest BCUT2D eigenvalue weighted by Crippen LogP contribution is -2.34. The molecule has 0 fully saturated rings. The molecule has 4 rings (SSSR count). The number of nitrogens with zero attached hydrogens (tertiary/aromatic N) is 1. The molecule has 0 bridgehead atoms. The largest absolute Gasteiger partial charge is 0.454 e. The Morgan fingerprint density at radius 1 is 1.17 bits per heavy atom. The van der Waals surface area contributed by atoms with Crippen LogP contribution in [0.3, 0.4) is 0 Å². The molecule has 23 heavy (non-hydrogen) atoms. The van der Waals surface area contributed by atoms with Crippen molar-refractivity contribution in [2.45, 2.75) is 19.4 Å². The number of ether oxygens (including phenoxy) is 2. The van der Waals surface area contributed by atoms with Gasteiger partial charge in [0.2, 0.25) is 6.79 Å². The van der Waals surface area contributed by atoms with E-state index in [9.17, 15) is 4.79 Å². The molecule has 1 atom stereocenters. The number of hydrogen-bond acceptors (Lipinski definition) is 3. The number of carbonyl (C=O) groups is 1. The molecule has 0 aromatic heterocycles. The van der Waals surface area contributed by atoms with Crippen molar-refractivity contribution in [3.05, 3.63) is 59.7 Å². The molecule has 2 aromatic carbocycles. The fraction of sp³-hybridized carbons (Fsp3) is 0.211. The Labute approximate surface area is 134 Å².